The first-order valence-electron chi connectivity index (χ1n) is 7.93. The van der Waals surface area contributed by atoms with Gasteiger partial charge in [0.1, 0.15) is 0 Å². The zero-order valence-electron chi connectivity index (χ0n) is 11.9. The average molecular weight is 347 g/mol. The molecule has 3 bridgehead atoms. The molecule has 3 heteroatoms. The first kappa shape index (κ1) is 12.7. The van der Waals surface area contributed by atoms with Gasteiger partial charge in [0.05, 0.1) is 5.41 Å². The molecule has 1 spiro atoms. The standard InChI is InChI=1S/C18H19BrO2/c19-18-8-12-6-15(14(20)21)9-16(11-18,17(18,7-12)10-15)13-4-2-1-3-5-13/h1-5,12H,6-11H2,(H,20,21). The first-order valence-corrected chi connectivity index (χ1v) is 8.73. The smallest absolute Gasteiger partial charge is 0.309 e. The Kier molecular flexibility index (Phi) is 2.05. The zero-order valence-corrected chi connectivity index (χ0v) is 13.5. The van der Waals surface area contributed by atoms with E-state index in [2.05, 4.69) is 46.3 Å². The highest BCUT2D eigenvalue weighted by atomic mass is 79.9. The molecule has 110 valence electrons. The van der Waals surface area contributed by atoms with E-state index in [1.807, 2.05) is 0 Å². The minimum atomic E-state index is -0.548. The summed E-state index contributed by atoms with van der Waals surface area (Å²) in [4.78, 5) is 12.1. The molecule has 2 nitrogen and oxygen atoms in total. The fourth-order valence-electron chi connectivity index (χ4n) is 6.97. The van der Waals surface area contributed by atoms with Gasteiger partial charge in [-0.25, -0.2) is 0 Å². The minimum absolute atomic E-state index is 0.0986. The van der Waals surface area contributed by atoms with Gasteiger partial charge in [0.25, 0.3) is 0 Å². The molecule has 4 saturated carbocycles. The van der Waals surface area contributed by atoms with Crippen molar-refractivity contribution in [3.05, 3.63) is 35.9 Å². The van der Waals surface area contributed by atoms with Crippen LogP contribution in [0, 0.1) is 16.7 Å². The van der Waals surface area contributed by atoms with Crippen LogP contribution < -0.4 is 0 Å². The van der Waals surface area contributed by atoms with E-state index < -0.39 is 11.4 Å². The van der Waals surface area contributed by atoms with E-state index in [4.69, 9.17) is 0 Å². The summed E-state index contributed by atoms with van der Waals surface area (Å²) >= 11 is 4.07. The van der Waals surface area contributed by atoms with Crippen molar-refractivity contribution in [3.8, 4) is 0 Å². The maximum Gasteiger partial charge on any atom is 0.309 e. The molecule has 5 atom stereocenters. The van der Waals surface area contributed by atoms with E-state index >= 15 is 0 Å². The number of rotatable bonds is 2. The van der Waals surface area contributed by atoms with Gasteiger partial charge >= 0.3 is 5.97 Å². The molecule has 0 radical (unpaired) electrons. The average Bonchev–Trinajstić information content (AvgIpc) is 2.73. The number of carbonyl (C=O) groups is 1. The number of hydrogen-bond donors (Lipinski definition) is 1. The Morgan fingerprint density at radius 2 is 1.86 bits per heavy atom. The van der Waals surface area contributed by atoms with E-state index in [0.29, 0.717) is 5.92 Å². The van der Waals surface area contributed by atoms with Crippen molar-refractivity contribution in [3.63, 3.8) is 0 Å². The van der Waals surface area contributed by atoms with E-state index in [0.717, 1.165) is 25.7 Å². The summed E-state index contributed by atoms with van der Waals surface area (Å²) in [7, 11) is 0. The summed E-state index contributed by atoms with van der Waals surface area (Å²) in [5.74, 6) is 0.0512. The van der Waals surface area contributed by atoms with Gasteiger partial charge in [-0.05, 0) is 55.4 Å². The number of alkyl halides is 1. The molecule has 0 aliphatic heterocycles. The number of aliphatic carboxylic acids is 1. The van der Waals surface area contributed by atoms with Gasteiger partial charge < -0.3 is 5.11 Å². The lowest BCUT2D eigenvalue weighted by Crippen LogP contribution is -2.64. The van der Waals surface area contributed by atoms with E-state index in [1.165, 1.54) is 18.4 Å². The molecular weight excluding hydrogens is 328 g/mol. The van der Waals surface area contributed by atoms with Crippen LogP contribution >= 0.6 is 15.9 Å². The Balaban J connectivity index is 1.74. The summed E-state index contributed by atoms with van der Waals surface area (Å²) in [6.45, 7) is 0. The van der Waals surface area contributed by atoms with Crippen LogP contribution in [0.15, 0.2) is 30.3 Å². The Bertz CT molecular complexity index is 658. The molecule has 4 aliphatic rings. The van der Waals surface area contributed by atoms with Crippen LogP contribution in [0.3, 0.4) is 0 Å². The monoisotopic (exact) mass is 346 g/mol. The minimum Gasteiger partial charge on any atom is -0.481 e. The molecule has 0 aromatic heterocycles. The van der Waals surface area contributed by atoms with Gasteiger partial charge in [-0.15, -0.1) is 0 Å². The highest BCUT2D eigenvalue weighted by Crippen LogP contribution is 2.87. The lowest BCUT2D eigenvalue weighted by atomic mass is 9.44. The second-order valence-electron chi connectivity index (χ2n) is 8.09. The summed E-state index contributed by atoms with van der Waals surface area (Å²) < 4.78 is 0.203. The van der Waals surface area contributed by atoms with Crippen molar-refractivity contribution in [2.45, 2.75) is 48.3 Å². The van der Waals surface area contributed by atoms with Crippen molar-refractivity contribution in [2.75, 3.05) is 0 Å². The summed E-state index contributed by atoms with van der Waals surface area (Å²) in [5.41, 5.74) is 1.19. The van der Waals surface area contributed by atoms with Crippen LogP contribution in [0.25, 0.3) is 0 Å². The van der Waals surface area contributed by atoms with Crippen molar-refractivity contribution >= 4 is 21.9 Å². The van der Waals surface area contributed by atoms with Gasteiger partial charge in [0, 0.05) is 9.74 Å². The van der Waals surface area contributed by atoms with Crippen molar-refractivity contribution in [2.24, 2.45) is 16.7 Å². The normalized spacial score (nSPS) is 52.5. The second kappa shape index (κ2) is 3.40. The molecule has 0 heterocycles. The summed E-state index contributed by atoms with van der Waals surface area (Å²) in [5, 5.41) is 9.94. The fraction of sp³-hybridized carbons (Fsp3) is 0.611. The molecular formula is C18H19BrO2. The lowest BCUT2D eigenvalue weighted by molar-refractivity contribution is -0.151. The number of carboxylic acids is 1. The number of fused-ring (bicyclic) bond motifs is 2. The van der Waals surface area contributed by atoms with Crippen LogP contribution in [-0.4, -0.2) is 15.4 Å². The van der Waals surface area contributed by atoms with Crippen molar-refractivity contribution in [1.82, 2.24) is 0 Å². The van der Waals surface area contributed by atoms with Crippen LogP contribution in [-0.2, 0) is 10.2 Å². The van der Waals surface area contributed by atoms with Crippen LogP contribution in [0.2, 0.25) is 0 Å². The van der Waals surface area contributed by atoms with E-state index in [1.54, 1.807) is 0 Å². The molecule has 4 fully saturated rings. The zero-order chi connectivity index (χ0) is 14.5. The van der Waals surface area contributed by atoms with Crippen LogP contribution in [0.5, 0.6) is 0 Å². The number of hydrogen-bond acceptors (Lipinski definition) is 1. The van der Waals surface area contributed by atoms with Gasteiger partial charge in [0.2, 0.25) is 0 Å². The third kappa shape index (κ3) is 1.15. The molecule has 1 aromatic rings. The Hall–Kier alpha value is -0.830. The van der Waals surface area contributed by atoms with Crippen molar-refractivity contribution < 1.29 is 9.90 Å². The fourth-order valence-corrected chi connectivity index (χ4v) is 8.59. The van der Waals surface area contributed by atoms with E-state index in [9.17, 15) is 9.90 Å². The molecule has 5 unspecified atom stereocenters. The highest BCUT2D eigenvalue weighted by molar-refractivity contribution is 9.10. The second-order valence-corrected chi connectivity index (χ2v) is 9.61. The third-order valence-electron chi connectivity index (χ3n) is 7.34. The van der Waals surface area contributed by atoms with Gasteiger partial charge in [-0.2, -0.15) is 0 Å². The summed E-state index contributed by atoms with van der Waals surface area (Å²) in [6.07, 6.45) is 6.15. The number of halogens is 1. The molecule has 5 rings (SSSR count). The maximum absolute atomic E-state index is 12.1. The lowest BCUT2D eigenvalue weighted by Gasteiger charge is -2.64. The molecule has 1 N–H and O–H groups in total. The predicted molar refractivity (Wildman–Crippen MR) is 83.5 cm³/mol. The third-order valence-corrected chi connectivity index (χ3v) is 8.71. The highest BCUT2D eigenvalue weighted by Gasteiger charge is 2.84. The van der Waals surface area contributed by atoms with Gasteiger partial charge in [-0.1, -0.05) is 46.3 Å². The Morgan fingerprint density at radius 3 is 2.57 bits per heavy atom. The number of carboxylic acid groups (broad SMARTS) is 1. The maximum atomic E-state index is 12.1. The molecule has 1 aromatic carbocycles. The molecule has 4 aliphatic carbocycles. The SMILES string of the molecule is O=C(O)C12CC3CC4(Br)CC(c5ccccc5)(C1)C4(C3)C2. The number of benzene rings is 1. The van der Waals surface area contributed by atoms with Crippen LogP contribution in [0.4, 0.5) is 0 Å². The molecule has 0 saturated heterocycles. The quantitative estimate of drug-likeness (QED) is 0.817. The molecule has 0 amide bonds. The van der Waals surface area contributed by atoms with E-state index in [-0.39, 0.29) is 15.2 Å². The van der Waals surface area contributed by atoms with Gasteiger partial charge in [0.15, 0.2) is 0 Å². The topological polar surface area (TPSA) is 37.3 Å². The van der Waals surface area contributed by atoms with Crippen molar-refractivity contribution in [1.29, 1.82) is 0 Å². The summed E-state index contributed by atoms with van der Waals surface area (Å²) in [6, 6.07) is 10.7. The van der Waals surface area contributed by atoms with Crippen LogP contribution in [0.1, 0.15) is 44.1 Å². The Labute approximate surface area is 133 Å². The largest absolute Gasteiger partial charge is 0.481 e. The molecule has 21 heavy (non-hydrogen) atoms. The predicted octanol–water partition coefficient (Wildman–Crippen LogP) is 4.13. The Morgan fingerprint density at radius 1 is 1.10 bits per heavy atom. The van der Waals surface area contributed by atoms with Gasteiger partial charge in [-0.3, -0.25) is 4.79 Å². The first-order chi connectivity index (χ1) is 9.96.